The van der Waals surface area contributed by atoms with E-state index in [-0.39, 0.29) is 16.8 Å². The molecule has 2 fully saturated rings. The highest BCUT2D eigenvalue weighted by Crippen LogP contribution is 2.50. The average molecular weight is 383 g/mol. The van der Waals surface area contributed by atoms with Crippen LogP contribution in [0.2, 0.25) is 0 Å². The van der Waals surface area contributed by atoms with Gasteiger partial charge in [-0.05, 0) is 75.6 Å². The van der Waals surface area contributed by atoms with Crippen LogP contribution in [0.15, 0.2) is 36.7 Å². The van der Waals surface area contributed by atoms with E-state index in [1.54, 1.807) is 13.0 Å². The van der Waals surface area contributed by atoms with E-state index in [2.05, 4.69) is 17.1 Å². The molecule has 0 unspecified atom stereocenters. The Bertz CT molecular complexity index is 788. The molecule has 0 bridgehead atoms. The number of rotatable bonds is 6. The van der Waals surface area contributed by atoms with Crippen LogP contribution in [0.1, 0.15) is 74.7 Å². The monoisotopic (exact) mass is 382 g/mol. The summed E-state index contributed by atoms with van der Waals surface area (Å²) in [5.74, 6) is -0.199. The van der Waals surface area contributed by atoms with Crippen LogP contribution in [-0.4, -0.2) is 22.2 Å². The molecule has 4 rings (SSSR count). The molecule has 3 nitrogen and oxygen atoms in total. The lowest BCUT2D eigenvalue weighted by atomic mass is 9.67. The Morgan fingerprint density at radius 1 is 1.11 bits per heavy atom. The number of pyridine rings is 2. The van der Waals surface area contributed by atoms with Crippen molar-refractivity contribution in [3.05, 3.63) is 59.4 Å². The van der Waals surface area contributed by atoms with Gasteiger partial charge in [-0.1, -0.05) is 25.3 Å². The molecule has 2 aliphatic rings. The maximum atomic E-state index is 13.7. The first kappa shape index (κ1) is 19.5. The van der Waals surface area contributed by atoms with Crippen molar-refractivity contribution in [2.24, 2.45) is 0 Å². The van der Waals surface area contributed by atoms with Gasteiger partial charge < -0.3 is 4.74 Å². The molecule has 2 aromatic heterocycles. The molecule has 4 heteroatoms. The summed E-state index contributed by atoms with van der Waals surface area (Å²) in [5.41, 5.74) is 2.88. The SMILES string of the molecule is Cc1ncc(CCCC[C@@]2(c3ccccn3)CCOC3(CCCC3)C2)cc1F. The van der Waals surface area contributed by atoms with Crippen molar-refractivity contribution in [1.29, 1.82) is 0 Å². The number of hydrogen-bond donors (Lipinski definition) is 0. The summed E-state index contributed by atoms with van der Waals surface area (Å²) in [7, 11) is 0. The van der Waals surface area contributed by atoms with Gasteiger partial charge >= 0.3 is 0 Å². The smallest absolute Gasteiger partial charge is 0.144 e. The van der Waals surface area contributed by atoms with E-state index in [0.29, 0.717) is 5.69 Å². The summed E-state index contributed by atoms with van der Waals surface area (Å²) in [4.78, 5) is 8.93. The highest BCUT2D eigenvalue weighted by Gasteiger charge is 2.48. The highest BCUT2D eigenvalue weighted by molar-refractivity contribution is 5.21. The molecule has 0 aromatic carbocycles. The fourth-order valence-corrected chi connectivity index (χ4v) is 5.27. The molecule has 1 saturated heterocycles. The Labute approximate surface area is 167 Å². The number of halogens is 1. The summed E-state index contributed by atoms with van der Waals surface area (Å²) in [6, 6.07) is 7.95. The molecule has 1 atom stereocenters. The Hall–Kier alpha value is -1.81. The molecule has 0 N–H and O–H groups in total. The lowest BCUT2D eigenvalue weighted by molar-refractivity contribution is -0.104. The molecule has 3 heterocycles. The predicted molar refractivity (Wildman–Crippen MR) is 109 cm³/mol. The van der Waals surface area contributed by atoms with Gasteiger partial charge in [0.05, 0.1) is 11.3 Å². The van der Waals surface area contributed by atoms with Crippen molar-refractivity contribution in [2.45, 2.75) is 82.1 Å². The second-order valence-corrected chi connectivity index (χ2v) is 8.78. The predicted octanol–water partition coefficient (Wildman–Crippen LogP) is 5.70. The number of unbranched alkanes of at least 4 members (excludes halogenated alkanes) is 1. The zero-order chi connectivity index (χ0) is 19.5. The van der Waals surface area contributed by atoms with Gasteiger partial charge in [0.25, 0.3) is 0 Å². The van der Waals surface area contributed by atoms with Crippen LogP contribution in [0.5, 0.6) is 0 Å². The topological polar surface area (TPSA) is 35.0 Å². The third-order valence-electron chi connectivity index (χ3n) is 6.83. The first-order valence-corrected chi connectivity index (χ1v) is 10.8. The molecule has 0 radical (unpaired) electrons. The number of aryl methyl sites for hydroxylation is 2. The molecular formula is C24H31FN2O. The van der Waals surface area contributed by atoms with E-state index in [0.717, 1.165) is 50.7 Å². The molecule has 1 aliphatic heterocycles. The summed E-state index contributed by atoms with van der Waals surface area (Å²) in [6.45, 7) is 2.55. The van der Waals surface area contributed by atoms with Crippen LogP contribution in [0, 0.1) is 12.7 Å². The Morgan fingerprint density at radius 2 is 1.96 bits per heavy atom. The van der Waals surface area contributed by atoms with E-state index >= 15 is 0 Å². The maximum absolute atomic E-state index is 13.7. The van der Waals surface area contributed by atoms with Crippen molar-refractivity contribution >= 4 is 0 Å². The van der Waals surface area contributed by atoms with Gasteiger partial charge in [-0.25, -0.2) is 4.39 Å². The zero-order valence-electron chi connectivity index (χ0n) is 16.9. The summed E-state index contributed by atoms with van der Waals surface area (Å²) in [6.07, 6.45) is 15.0. The maximum Gasteiger partial charge on any atom is 0.144 e. The second-order valence-electron chi connectivity index (χ2n) is 8.78. The minimum absolute atomic E-state index is 0.0692. The standard InChI is InChI=1S/C24H31FN2O/c1-19-21(25)16-20(17-27-19)8-2-4-10-23(22-9-3-7-14-26-22)13-15-28-24(18-23)11-5-6-12-24/h3,7,9,14,16-17H,2,4-6,8,10-13,15,18H2,1H3/t23-/m1/s1. The van der Waals surface area contributed by atoms with Crippen molar-refractivity contribution in [1.82, 2.24) is 9.97 Å². The zero-order valence-corrected chi connectivity index (χ0v) is 16.9. The minimum Gasteiger partial charge on any atom is -0.375 e. The van der Waals surface area contributed by atoms with Crippen LogP contribution in [0.3, 0.4) is 0 Å². The molecule has 0 amide bonds. The highest BCUT2D eigenvalue weighted by atomic mass is 19.1. The van der Waals surface area contributed by atoms with Crippen LogP contribution in [0.25, 0.3) is 0 Å². The van der Waals surface area contributed by atoms with E-state index in [9.17, 15) is 4.39 Å². The normalized spacial score (nSPS) is 23.9. The molecular weight excluding hydrogens is 351 g/mol. The van der Waals surface area contributed by atoms with Crippen LogP contribution in [0.4, 0.5) is 4.39 Å². The first-order chi connectivity index (χ1) is 13.6. The number of aromatic nitrogens is 2. The van der Waals surface area contributed by atoms with Gasteiger partial charge in [-0.15, -0.1) is 0 Å². The third-order valence-corrected chi connectivity index (χ3v) is 6.83. The number of ether oxygens (including phenoxy) is 1. The molecule has 1 aliphatic carbocycles. The van der Waals surface area contributed by atoms with Crippen molar-refractivity contribution in [3.8, 4) is 0 Å². The Balaban J connectivity index is 1.45. The third kappa shape index (κ3) is 4.12. The van der Waals surface area contributed by atoms with Gasteiger partial charge in [0.1, 0.15) is 5.82 Å². The quantitative estimate of drug-likeness (QED) is 0.601. The molecule has 1 saturated carbocycles. The van der Waals surface area contributed by atoms with E-state index in [1.165, 1.54) is 31.4 Å². The van der Waals surface area contributed by atoms with Gasteiger partial charge in [-0.2, -0.15) is 0 Å². The van der Waals surface area contributed by atoms with Gasteiger partial charge in [0, 0.05) is 30.1 Å². The Morgan fingerprint density at radius 3 is 2.71 bits per heavy atom. The van der Waals surface area contributed by atoms with Crippen molar-refractivity contribution in [2.75, 3.05) is 6.61 Å². The molecule has 28 heavy (non-hydrogen) atoms. The number of nitrogens with zero attached hydrogens (tertiary/aromatic N) is 2. The molecule has 2 aromatic rings. The fraction of sp³-hybridized carbons (Fsp3) is 0.583. The van der Waals surface area contributed by atoms with Crippen LogP contribution in [-0.2, 0) is 16.6 Å². The lowest BCUT2D eigenvalue weighted by Crippen LogP contribution is -2.46. The fourth-order valence-electron chi connectivity index (χ4n) is 5.27. The van der Waals surface area contributed by atoms with E-state index in [1.807, 2.05) is 18.5 Å². The number of hydrogen-bond acceptors (Lipinski definition) is 3. The second kappa shape index (κ2) is 8.28. The summed E-state index contributed by atoms with van der Waals surface area (Å²) >= 11 is 0. The van der Waals surface area contributed by atoms with Gasteiger partial charge in [0.15, 0.2) is 0 Å². The average Bonchev–Trinajstić information content (AvgIpc) is 3.16. The van der Waals surface area contributed by atoms with Gasteiger partial charge in [0.2, 0.25) is 0 Å². The lowest BCUT2D eigenvalue weighted by Gasteiger charge is -2.46. The van der Waals surface area contributed by atoms with Crippen LogP contribution >= 0.6 is 0 Å². The minimum atomic E-state index is -0.199. The van der Waals surface area contributed by atoms with E-state index in [4.69, 9.17) is 9.72 Å². The largest absolute Gasteiger partial charge is 0.375 e. The first-order valence-electron chi connectivity index (χ1n) is 10.8. The molecule has 1 spiro atoms. The van der Waals surface area contributed by atoms with Crippen molar-refractivity contribution in [3.63, 3.8) is 0 Å². The van der Waals surface area contributed by atoms with Crippen molar-refractivity contribution < 1.29 is 9.13 Å². The Kier molecular flexibility index (Phi) is 5.77. The van der Waals surface area contributed by atoms with Crippen LogP contribution < -0.4 is 0 Å². The summed E-state index contributed by atoms with van der Waals surface area (Å²) in [5, 5.41) is 0. The van der Waals surface area contributed by atoms with Gasteiger partial charge in [-0.3, -0.25) is 9.97 Å². The summed E-state index contributed by atoms with van der Waals surface area (Å²) < 4.78 is 20.1. The molecule has 150 valence electrons. The van der Waals surface area contributed by atoms with E-state index < -0.39 is 0 Å².